The molecular formula is C14H18N4O. The Morgan fingerprint density at radius 1 is 1.11 bits per heavy atom. The van der Waals surface area contributed by atoms with Crippen molar-refractivity contribution in [3.8, 4) is 0 Å². The minimum atomic E-state index is -0.332. The van der Waals surface area contributed by atoms with Gasteiger partial charge in [-0.15, -0.1) is 0 Å². The summed E-state index contributed by atoms with van der Waals surface area (Å²) in [5.41, 5.74) is 7.53. The Hall–Kier alpha value is -1.88. The number of hydrogen-bond acceptors (Lipinski definition) is 5. The van der Waals surface area contributed by atoms with Crippen molar-refractivity contribution in [1.29, 1.82) is 0 Å². The predicted molar refractivity (Wildman–Crippen MR) is 75.8 cm³/mol. The lowest BCUT2D eigenvalue weighted by Gasteiger charge is -2.29. The first-order valence-electron chi connectivity index (χ1n) is 6.71. The Kier molecular flexibility index (Phi) is 3.21. The number of aromatic nitrogens is 2. The molecular weight excluding hydrogens is 240 g/mol. The molecule has 5 nitrogen and oxygen atoms in total. The molecule has 0 radical (unpaired) electrons. The standard InChI is InChI=1S/C14H18N4O/c15-13-14(18-11-7-3-4-8-12(11)19)17-10-6-2-1-5-9(10)16-13/h1-2,5-6,11-12,19H,3-4,7-8H2,(H2,15,16)(H,17,18). The number of benzene rings is 1. The maximum absolute atomic E-state index is 9.98. The molecule has 1 fully saturated rings. The predicted octanol–water partition coefficient (Wildman–Crippen LogP) is 1.93. The van der Waals surface area contributed by atoms with Crippen LogP contribution >= 0.6 is 0 Å². The van der Waals surface area contributed by atoms with Gasteiger partial charge < -0.3 is 16.2 Å². The summed E-state index contributed by atoms with van der Waals surface area (Å²) in [6.45, 7) is 0. The second-order valence-electron chi connectivity index (χ2n) is 5.05. The normalized spacial score (nSPS) is 23.4. The lowest BCUT2D eigenvalue weighted by atomic mass is 9.92. The number of nitrogen functional groups attached to an aromatic ring is 1. The molecule has 100 valence electrons. The number of aliphatic hydroxyl groups is 1. The van der Waals surface area contributed by atoms with Crippen molar-refractivity contribution in [2.24, 2.45) is 0 Å². The Labute approximate surface area is 111 Å². The second-order valence-corrected chi connectivity index (χ2v) is 5.05. The van der Waals surface area contributed by atoms with E-state index in [-0.39, 0.29) is 12.1 Å². The monoisotopic (exact) mass is 258 g/mol. The third-order valence-electron chi connectivity index (χ3n) is 3.65. The van der Waals surface area contributed by atoms with Crippen LogP contribution in [0.5, 0.6) is 0 Å². The zero-order chi connectivity index (χ0) is 13.2. The van der Waals surface area contributed by atoms with Gasteiger partial charge in [-0.2, -0.15) is 0 Å². The average molecular weight is 258 g/mol. The number of rotatable bonds is 2. The van der Waals surface area contributed by atoms with E-state index >= 15 is 0 Å². The third kappa shape index (κ3) is 2.46. The van der Waals surface area contributed by atoms with E-state index in [9.17, 15) is 5.11 Å². The lowest BCUT2D eigenvalue weighted by molar-refractivity contribution is 0.116. The molecule has 0 aliphatic heterocycles. The van der Waals surface area contributed by atoms with Crippen molar-refractivity contribution in [2.75, 3.05) is 11.1 Å². The molecule has 2 aromatic rings. The van der Waals surface area contributed by atoms with Gasteiger partial charge in [0.1, 0.15) is 0 Å². The highest BCUT2D eigenvalue weighted by molar-refractivity contribution is 5.79. The van der Waals surface area contributed by atoms with Gasteiger partial charge in [-0.05, 0) is 25.0 Å². The van der Waals surface area contributed by atoms with Gasteiger partial charge in [-0.3, -0.25) is 0 Å². The molecule has 4 N–H and O–H groups in total. The van der Waals surface area contributed by atoms with Gasteiger partial charge in [0.2, 0.25) is 0 Å². The highest BCUT2D eigenvalue weighted by Gasteiger charge is 2.24. The van der Waals surface area contributed by atoms with Crippen LogP contribution < -0.4 is 11.1 Å². The van der Waals surface area contributed by atoms with E-state index in [0.717, 1.165) is 36.7 Å². The summed E-state index contributed by atoms with van der Waals surface area (Å²) in [6.07, 6.45) is 3.64. The quantitative estimate of drug-likeness (QED) is 0.766. The number of hydrogen-bond donors (Lipinski definition) is 3. The molecule has 1 aliphatic rings. The van der Waals surface area contributed by atoms with Crippen molar-refractivity contribution < 1.29 is 5.11 Å². The highest BCUT2D eigenvalue weighted by atomic mass is 16.3. The van der Waals surface area contributed by atoms with Crippen molar-refractivity contribution in [3.63, 3.8) is 0 Å². The van der Waals surface area contributed by atoms with Crippen molar-refractivity contribution in [3.05, 3.63) is 24.3 Å². The summed E-state index contributed by atoms with van der Waals surface area (Å²) in [6, 6.07) is 7.65. The molecule has 1 saturated carbocycles. The molecule has 0 bridgehead atoms. The van der Waals surface area contributed by atoms with Gasteiger partial charge >= 0.3 is 0 Å². The average Bonchev–Trinajstić information content (AvgIpc) is 2.42. The maximum atomic E-state index is 9.98. The summed E-state index contributed by atoms with van der Waals surface area (Å²) >= 11 is 0. The van der Waals surface area contributed by atoms with Crippen LogP contribution in [0.2, 0.25) is 0 Å². The Morgan fingerprint density at radius 3 is 2.53 bits per heavy atom. The molecule has 0 spiro atoms. The SMILES string of the molecule is Nc1nc2ccccc2nc1NC1CCCCC1O. The van der Waals surface area contributed by atoms with Crippen molar-refractivity contribution in [1.82, 2.24) is 9.97 Å². The van der Waals surface area contributed by atoms with E-state index in [0.29, 0.717) is 11.6 Å². The summed E-state index contributed by atoms with van der Waals surface area (Å²) in [4.78, 5) is 8.83. The topological polar surface area (TPSA) is 84.1 Å². The first-order chi connectivity index (χ1) is 9.24. The van der Waals surface area contributed by atoms with Gasteiger partial charge in [0, 0.05) is 0 Å². The second kappa shape index (κ2) is 5.01. The van der Waals surface area contributed by atoms with Crippen LogP contribution in [-0.4, -0.2) is 27.2 Å². The van der Waals surface area contributed by atoms with E-state index in [1.54, 1.807) is 0 Å². The summed E-state index contributed by atoms with van der Waals surface area (Å²) in [7, 11) is 0. The van der Waals surface area contributed by atoms with Gasteiger partial charge in [0.15, 0.2) is 11.6 Å². The van der Waals surface area contributed by atoms with Crippen LogP contribution in [0.15, 0.2) is 24.3 Å². The summed E-state index contributed by atoms with van der Waals surface area (Å²) in [5.74, 6) is 0.959. The molecule has 2 unspecified atom stereocenters. The fourth-order valence-corrected chi connectivity index (χ4v) is 2.58. The van der Waals surface area contributed by atoms with Crippen molar-refractivity contribution >= 4 is 22.7 Å². The minimum absolute atomic E-state index is 0.0199. The van der Waals surface area contributed by atoms with E-state index in [2.05, 4.69) is 15.3 Å². The number of para-hydroxylation sites is 2. The number of nitrogens with one attached hydrogen (secondary N) is 1. The molecule has 19 heavy (non-hydrogen) atoms. The Balaban J connectivity index is 1.89. The Bertz CT molecular complexity index is 587. The molecule has 1 aliphatic carbocycles. The van der Waals surface area contributed by atoms with E-state index in [4.69, 9.17) is 5.73 Å². The van der Waals surface area contributed by atoms with Crippen LogP contribution in [0, 0.1) is 0 Å². The Morgan fingerprint density at radius 2 is 1.79 bits per heavy atom. The van der Waals surface area contributed by atoms with Gasteiger partial charge in [0.25, 0.3) is 0 Å². The van der Waals surface area contributed by atoms with Crippen molar-refractivity contribution in [2.45, 2.75) is 37.8 Å². The molecule has 3 rings (SSSR count). The molecule has 0 saturated heterocycles. The number of nitrogens with two attached hydrogens (primary N) is 1. The fraction of sp³-hybridized carbons (Fsp3) is 0.429. The van der Waals surface area contributed by atoms with Crippen LogP contribution in [0.25, 0.3) is 11.0 Å². The largest absolute Gasteiger partial charge is 0.391 e. The fourth-order valence-electron chi connectivity index (χ4n) is 2.58. The van der Waals surface area contributed by atoms with Crippen LogP contribution in [0.1, 0.15) is 25.7 Å². The zero-order valence-electron chi connectivity index (χ0n) is 10.7. The minimum Gasteiger partial charge on any atom is -0.391 e. The first kappa shape index (κ1) is 12.2. The lowest BCUT2D eigenvalue weighted by Crippen LogP contribution is -2.36. The molecule has 1 heterocycles. The number of nitrogens with zero attached hydrogens (tertiary/aromatic N) is 2. The number of fused-ring (bicyclic) bond motifs is 1. The van der Waals surface area contributed by atoms with E-state index in [1.165, 1.54) is 0 Å². The number of anilines is 2. The van der Waals surface area contributed by atoms with Crippen LogP contribution in [0.3, 0.4) is 0 Å². The first-order valence-corrected chi connectivity index (χ1v) is 6.71. The molecule has 2 atom stereocenters. The molecule has 1 aromatic heterocycles. The third-order valence-corrected chi connectivity index (χ3v) is 3.65. The van der Waals surface area contributed by atoms with Crippen LogP contribution in [0.4, 0.5) is 11.6 Å². The van der Waals surface area contributed by atoms with E-state index < -0.39 is 0 Å². The number of aliphatic hydroxyl groups excluding tert-OH is 1. The zero-order valence-corrected chi connectivity index (χ0v) is 10.7. The summed E-state index contributed by atoms with van der Waals surface area (Å²) in [5, 5.41) is 13.2. The highest BCUT2D eigenvalue weighted by Crippen LogP contribution is 2.24. The van der Waals surface area contributed by atoms with Gasteiger partial charge in [-0.1, -0.05) is 25.0 Å². The smallest absolute Gasteiger partial charge is 0.169 e. The maximum Gasteiger partial charge on any atom is 0.169 e. The van der Waals surface area contributed by atoms with Gasteiger partial charge in [0.05, 0.1) is 23.2 Å². The summed E-state index contributed by atoms with van der Waals surface area (Å²) < 4.78 is 0. The molecule has 0 amide bonds. The molecule has 5 heteroatoms. The molecule has 1 aromatic carbocycles. The van der Waals surface area contributed by atoms with E-state index in [1.807, 2.05) is 24.3 Å². The van der Waals surface area contributed by atoms with Gasteiger partial charge in [-0.25, -0.2) is 9.97 Å². The van der Waals surface area contributed by atoms with Crippen LogP contribution in [-0.2, 0) is 0 Å².